The van der Waals surface area contributed by atoms with Crippen molar-refractivity contribution in [3.63, 3.8) is 0 Å². The Morgan fingerprint density at radius 2 is 2.06 bits per heavy atom. The van der Waals surface area contributed by atoms with Gasteiger partial charge in [-0.1, -0.05) is 23.7 Å². The smallest absolute Gasteiger partial charge is 0.147 e. The van der Waals surface area contributed by atoms with E-state index in [0.29, 0.717) is 16.4 Å². The summed E-state index contributed by atoms with van der Waals surface area (Å²) in [7, 11) is 0. The van der Waals surface area contributed by atoms with Gasteiger partial charge in [0.05, 0.1) is 6.20 Å². The second-order valence-corrected chi connectivity index (χ2v) is 4.25. The number of nitrogens with zero attached hydrogens (tertiary/aromatic N) is 3. The van der Waals surface area contributed by atoms with Gasteiger partial charge < -0.3 is 5.32 Å². The van der Waals surface area contributed by atoms with Gasteiger partial charge in [0.25, 0.3) is 0 Å². The van der Waals surface area contributed by atoms with Gasteiger partial charge in [0.1, 0.15) is 23.8 Å². The molecule has 5 heteroatoms. The van der Waals surface area contributed by atoms with Gasteiger partial charge in [0, 0.05) is 11.1 Å². The van der Waals surface area contributed by atoms with E-state index in [4.69, 9.17) is 16.9 Å². The molecule has 0 aliphatic rings. The van der Waals surface area contributed by atoms with Crippen molar-refractivity contribution >= 4 is 17.4 Å². The lowest BCUT2D eigenvalue weighted by Gasteiger charge is -2.15. The number of halogens is 1. The molecule has 18 heavy (non-hydrogen) atoms. The maximum absolute atomic E-state index is 8.95. The van der Waals surface area contributed by atoms with Crippen LogP contribution in [-0.4, -0.2) is 9.97 Å². The number of hydrogen-bond donors (Lipinski definition) is 1. The number of benzene rings is 1. The van der Waals surface area contributed by atoms with Crippen molar-refractivity contribution < 1.29 is 0 Å². The highest BCUT2D eigenvalue weighted by atomic mass is 35.5. The molecule has 1 unspecified atom stereocenters. The van der Waals surface area contributed by atoms with Crippen LogP contribution in [0.5, 0.6) is 0 Å². The van der Waals surface area contributed by atoms with Crippen LogP contribution in [0.2, 0.25) is 5.02 Å². The maximum atomic E-state index is 8.95. The maximum Gasteiger partial charge on any atom is 0.147 e. The molecule has 1 aromatic heterocycles. The van der Waals surface area contributed by atoms with E-state index in [9.17, 15) is 0 Å². The second-order valence-electron chi connectivity index (χ2n) is 3.81. The molecular formula is C13H11ClN4. The van der Waals surface area contributed by atoms with Crippen molar-refractivity contribution in [2.45, 2.75) is 13.0 Å². The molecule has 1 N–H and O–H groups in total. The van der Waals surface area contributed by atoms with Gasteiger partial charge in [0.15, 0.2) is 0 Å². The van der Waals surface area contributed by atoms with Gasteiger partial charge in [-0.05, 0) is 24.6 Å². The Morgan fingerprint density at radius 3 is 2.72 bits per heavy atom. The fourth-order valence-electron chi connectivity index (χ4n) is 1.57. The zero-order chi connectivity index (χ0) is 13.0. The predicted octanol–water partition coefficient (Wildman–Crippen LogP) is 3.17. The van der Waals surface area contributed by atoms with Crippen LogP contribution in [0.25, 0.3) is 0 Å². The zero-order valence-corrected chi connectivity index (χ0v) is 10.5. The first-order valence-electron chi connectivity index (χ1n) is 5.43. The van der Waals surface area contributed by atoms with Crippen molar-refractivity contribution in [1.29, 1.82) is 5.26 Å². The summed E-state index contributed by atoms with van der Waals surface area (Å²) in [6, 6.07) is 9.63. The molecule has 2 rings (SSSR count). The summed E-state index contributed by atoms with van der Waals surface area (Å²) in [5, 5.41) is 12.8. The number of anilines is 1. The van der Waals surface area contributed by atoms with Gasteiger partial charge in [-0.2, -0.15) is 5.26 Å². The summed E-state index contributed by atoms with van der Waals surface area (Å²) in [5.74, 6) is 0.537. The number of hydrogen-bond acceptors (Lipinski definition) is 4. The third kappa shape index (κ3) is 2.76. The van der Waals surface area contributed by atoms with E-state index < -0.39 is 0 Å². The van der Waals surface area contributed by atoms with E-state index in [0.717, 1.165) is 5.56 Å². The monoisotopic (exact) mass is 258 g/mol. The molecule has 0 spiro atoms. The molecule has 0 aliphatic carbocycles. The Balaban J connectivity index is 2.19. The first-order chi connectivity index (χ1) is 8.70. The van der Waals surface area contributed by atoms with Crippen LogP contribution in [-0.2, 0) is 0 Å². The van der Waals surface area contributed by atoms with Gasteiger partial charge in [-0.3, -0.25) is 0 Å². The Labute approximate surface area is 110 Å². The lowest BCUT2D eigenvalue weighted by atomic mass is 10.1. The Kier molecular flexibility index (Phi) is 3.75. The van der Waals surface area contributed by atoms with Crippen molar-refractivity contribution in [2.75, 3.05) is 5.32 Å². The van der Waals surface area contributed by atoms with E-state index in [-0.39, 0.29) is 6.04 Å². The van der Waals surface area contributed by atoms with Crippen LogP contribution >= 0.6 is 11.6 Å². The van der Waals surface area contributed by atoms with Crippen LogP contribution < -0.4 is 5.32 Å². The van der Waals surface area contributed by atoms with Gasteiger partial charge >= 0.3 is 0 Å². The molecule has 0 bridgehead atoms. The molecule has 1 atom stereocenters. The summed E-state index contributed by atoms with van der Waals surface area (Å²) in [4.78, 5) is 7.88. The minimum Gasteiger partial charge on any atom is -0.362 e. The normalized spacial score (nSPS) is 11.6. The second kappa shape index (κ2) is 5.48. The molecule has 0 radical (unpaired) electrons. The predicted molar refractivity (Wildman–Crippen MR) is 70.2 cm³/mol. The largest absolute Gasteiger partial charge is 0.362 e. The Morgan fingerprint density at radius 1 is 1.33 bits per heavy atom. The summed E-state index contributed by atoms with van der Waals surface area (Å²) in [5.41, 5.74) is 1.50. The van der Waals surface area contributed by atoms with Gasteiger partial charge in [-0.15, -0.1) is 0 Å². The summed E-state index contributed by atoms with van der Waals surface area (Å²) < 4.78 is 0. The van der Waals surface area contributed by atoms with Crippen LogP contribution in [0.4, 0.5) is 5.82 Å². The SMILES string of the molecule is CC(Nc1ncncc1C#N)c1ccc(Cl)cc1. The fraction of sp³-hybridized carbons (Fsp3) is 0.154. The highest BCUT2D eigenvalue weighted by Crippen LogP contribution is 2.21. The van der Waals surface area contributed by atoms with Crippen molar-refractivity contribution in [1.82, 2.24) is 9.97 Å². The van der Waals surface area contributed by atoms with E-state index in [2.05, 4.69) is 21.4 Å². The molecular weight excluding hydrogens is 248 g/mol. The minimum absolute atomic E-state index is 0.0317. The lowest BCUT2D eigenvalue weighted by molar-refractivity contribution is 0.870. The molecule has 0 aliphatic heterocycles. The van der Waals surface area contributed by atoms with E-state index in [1.165, 1.54) is 12.5 Å². The third-order valence-corrected chi connectivity index (χ3v) is 2.81. The summed E-state index contributed by atoms with van der Waals surface area (Å²) in [6.45, 7) is 1.99. The van der Waals surface area contributed by atoms with Crippen LogP contribution in [0.3, 0.4) is 0 Å². The average molecular weight is 259 g/mol. The molecule has 0 fully saturated rings. The molecule has 1 heterocycles. The zero-order valence-electron chi connectivity index (χ0n) is 9.76. The lowest BCUT2D eigenvalue weighted by Crippen LogP contribution is -2.09. The fourth-order valence-corrected chi connectivity index (χ4v) is 1.69. The minimum atomic E-state index is 0.0317. The average Bonchev–Trinajstić information content (AvgIpc) is 2.40. The quantitative estimate of drug-likeness (QED) is 0.919. The third-order valence-electron chi connectivity index (χ3n) is 2.56. The van der Waals surface area contributed by atoms with Gasteiger partial charge in [-0.25, -0.2) is 9.97 Å². The summed E-state index contributed by atoms with van der Waals surface area (Å²) >= 11 is 5.84. The molecule has 90 valence electrons. The molecule has 0 saturated heterocycles. The number of aromatic nitrogens is 2. The molecule has 2 aromatic rings. The highest BCUT2D eigenvalue weighted by Gasteiger charge is 2.09. The first-order valence-corrected chi connectivity index (χ1v) is 5.80. The number of rotatable bonds is 3. The Bertz CT molecular complexity index is 574. The Hall–Kier alpha value is -2.12. The molecule has 0 amide bonds. The van der Waals surface area contributed by atoms with Gasteiger partial charge in [0.2, 0.25) is 0 Å². The van der Waals surface area contributed by atoms with Crippen LogP contribution in [0.1, 0.15) is 24.1 Å². The van der Waals surface area contributed by atoms with E-state index >= 15 is 0 Å². The number of nitriles is 1. The van der Waals surface area contributed by atoms with Crippen LogP contribution in [0, 0.1) is 11.3 Å². The molecule has 1 aromatic carbocycles. The molecule has 4 nitrogen and oxygen atoms in total. The number of nitrogens with one attached hydrogen (secondary N) is 1. The first kappa shape index (κ1) is 12.3. The van der Waals surface area contributed by atoms with E-state index in [1.54, 1.807) is 0 Å². The summed E-state index contributed by atoms with van der Waals surface area (Å²) in [6.07, 6.45) is 2.90. The van der Waals surface area contributed by atoms with Crippen molar-refractivity contribution in [2.24, 2.45) is 0 Å². The molecule has 0 saturated carbocycles. The standard InChI is InChI=1S/C13H11ClN4/c1-9(10-2-4-12(14)5-3-10)18-13-11(6-15)7-16-8-17-13/h2-5,7-9H,1H3,(H,16,17,18). The highest BCUT2D eigenvalue weighted by molar-refractivity contribution is 6.30. The van der Waals surface area contributed by atoms with Crippen molar-refractivity contribution in [3.05, 3.63) is 52.9 Å². The van der Waals surface area contributed by atoms with Crippen LogP contribution in [0.15, 0.2) is 36.8 Å². The van der Waals surface area contributed by atoms with E-state index in [1.807, 2.05) is 31.2 Å². The topological polar surface area (TPSA) is 61.6 Å². The van der Waals surface area contributed by atoms with Crippen molar-refractivity contribution in [3.8, 4) is 6.07 Å².